The second-order valence-corrected chi connectivity index (χ2v) is 6.48. The lowest BCUT2D eigenvalue weighted by molar-refractivity contribution is 0.975. The number of nitrogens with zero attached hydrogens (tertiary/aromatic N) is 2. The highest BCUT2D eigenvalue weighted by molar-refractivity contribution is 8.01. The van der Waals surface area contributed by atoms with E-state index >= 15 is 0 Å². The minimum absolute atomic E-state index is 0.655. The van der Waals surface area contributed by atoms with Crippen molar-refractivity contribution in [2.45, 2.75) is 16.3 Å². The quantitative estimate of drug-likeness (QED) is 0.760. The molecule has 0 aliphatic heterocycles. The number of aromatic nitrogens is 3. The number of rotatable bonds is 4. The van der Waals surface area contributed by atoms with Gasteiger partial charge in [-0.05, 0) is 43.0 Å². The van der Waals surface area contributed by atoms with Crippen LogP contribution in [-0.4, -0.2) is 15.2 Å². The first kappa shape index (κ1) is 12.3. The van der Waals surface area contributed by atoms with Gasteiger partial charge in [-0.3, -0.25) is 0 Å². The first-order valence-electron chi connectivity index (χ1n) is 5.78. The molecule has 2 heterocycles. The highest BCUT2D eigenvalue weighted by Gasteiger charge is 2.06. The average Bonchev–Trinajstić information content (AvgIpc) is 3.01. The summed E-state index contributed by atoms with van der Waals surface area (Å²) in [5, 5.41) is 11.0. The normalized spacial score (nSPS) is 10.6. The standard InChI is InChI=1S/C13H12N4S2/c1-9-7-8-11(18-9)19-13-15-12(16-17-13)14-10-5-3-2-4-6-10/h2-8H,1H3,(H2,14,15,16,17). The molecular formula is C13H12N4S2. The largest absolute Gasteiger partial charge is 0.325 e. The van der Waals surface area contributed by atoms with E-state index in [4.69, 9.17) is 0 Å². The van der Waals surface area contributed by atoms with Crippen molar-refractivity contribution in [3.63, 3.8) is 0 Å². The molecule has 0 saturated heterocycles. The van der Waals surface area contributed by atoms with E-state index in [0.717, 1.165) is 10.8 Å². The Morgan fingerprint density at radius 2 is 2.00 bits per heavy atom. The maximum atomic E-state index is 4.40. The Balaban J connectivity index is 1.69. The summed E-state index contributed by atoms with van der Waals surface area (Å²) in [5.74, 6) is 0.655. The molecule has 0 fully saturated rings. The van der Waals surface area contributed by atoms with Crippen molar-refractivity contribution >= 4 is 34.7 Å². The van der Waals surface area contributed by atoms with Crippen LogP contribution in [0.2, 0.25) is 0 Å². The molecule has 4 nitrogen and oxygen atoms in total. The number of aromatic amines is 1. The second-order valence-electron chi connectivity index (χ2n) is 3.92. The van der Waals surface area contributed by atoms with Gasteiger partial charge in [0.1, 0.15) is 0 Å². The number of thiophene rings is 1. The van der Waals surface area contributed by atoms with Gasteiger partial charge in [-0.2, -0.15) is 4.98 Å². The number of hydrogen-bond acceptors (Lipinski definition) is 5. The highest BCUT2D eigenvalue weighted by Crippen LogP contribution is 2.31. The van der Waals surface area contributed by atoms with E-state index in [-0.39, 0.29) is 0 Å². The Bertz CT molecular complexity index is 660. The van der Waals surface area contributed by atoms with Crippen molar-refractivity contribution in [3.05, 3.63) is 47.3 Å². The highest BCUT2D eigenvalue weighted by atomic mass is 32.2. The van der Waals surface area contributed by atoms with Gasteiger partial charge in [-0.1, -0.05) is 18.2 Å². The summed E-state index contributed by atoms with van der Waals surface area (Å²) in [5.41, 5.74) is 0.988. The number of hydrogen-bond donors (Lipinski definition) is 2. The first-order valence-corrected chi connectivity index (χ1v) is 7.42. The van der Waals surface area contributed by atoms with E-state index in [1.54, 1.807) is 23.1 Å². The van der Waals surface area contributed by atoms with Gasteiger partial charge in [0.25, 0.3) is 0 Å². The van der Waals surface area contributed by atoms with Crippen molar-refractivity contribution < 1.29 is 0 Å². The predicted octanol–water partition coefficient (Wildman–Crippen LogP) is 4.07. The van der Waals surface area contributed by atoms with Crippen molar-refractivity contribution in [1.82, 2.24) is 15.2 Å². The number of benzene rings is 1. The zero-order valence-electron chi connectivity index (χ0n) is 10.3. The van der Waals surface area contributed by atoms with Crippen molar-refractivity contribution in [3.8, 4) is 0 Å². The number of para-hydroxylation sites is 1. The van der Waals surface area contributed by atoms with Gasteiger partial charge in [-0.15, -0.1) is 16.4 Å². The third-order valence-electron chi connectivity index (χ3n) is 2.41. The summed E-state index contributed by atoms with van der Waals surface area (Å²) in [6.07, 6.45) is 0. The van der Waals surface area contributed by atoms with E-state index in [1.807, 2.05) is 30.3 Å². The third-order valence-corrected chi connectivity index (χ3v) is 4.41. The molecule has 6 heteroatoms. The van der Waals surface area contributed by atoms with Crippen LogP contribution in [0.15, 0.2) is 51.8 Å². The second kappa shape index (κ2) is 5.46. The number of H-pyrrole nitrogens is 1. The molecule has 0 bridgehead atoms. The van der Waals surface area contributed by atoms with E-state index in [1.165, 1.54) is 9.09 Å². The number of aryl methyl sites for hydroxylation is 1. The molecule has 2 aromatic heterocycles. The van der Waals surface area contributed by atoms with Crippen molar-refractivity contribution in [2.24, 2.45) is 0 Å². The topological polar surface area (TPSA) is 53.6 Å². The third kappa shape index (κ3) is 3.15. The lowest BCUT2D eigenvalue weighted by Crippen LogP contribution is -1.91. The molecular weight excluding hydrogens is 276 g/mol. The summed E-state index contributed by atoms with van der Waals surface area (Å²) < 4.78 is 1.20. The van der Waals surface area contributed by atoms with Crippen LogP contribution < -0.4 is 5.32 Å². The molecule has 0 aliphatic carbocycles. The minimum Gasteiger partial charge on any atom is -0.325 e. The molecule has 3 aromatic rings. The molecule has 1 aromatic carbocycles. The molecule has 19 heavy (non-hydrogen) atoms. The lowest BCUT2D eigenvalue weighted by atomic mass is 10.3. The van der Waals surface area contributed by atoms with Crippen LogP contribution in [0, 0.1) is 6.92 Å². The van der Waals surface area contributed by atoms with Crippen molar-refractivity contribution in [1.29, 1.82) is 0 Å². The smallest absolute Gasteiger partial charge is 0.223 e. The molecule has 0 radical (unpaired) electrons. The fraction of sp³-hybridized carbons (Fsp3) is 0.0769. The fourth-order valence-electron chi connectivity index (χ4n) is 1.56. The summed E-state index contributed by atoms with van der Waals surface area (Å²) in [4.78, 5) is 5.69. The van der Waals surface area contributed by atoms with Crippen LogP contribution >= 0.6 is 23.1 Å². The van der Waals surface area contributed by atoms with E-state index < -0.39 is 0 Å². The summed E-state index contributed by atoms with van der Waals surface area (Å²) in [7, 11) is 0. The van der Waals surface area contributed by atoms with Crippen LogP contribution in [0.5, 0.6) is 0 Å². The van der Waals surface area contributed by atoms with Gasteiger partial charge in [0, 0.05) is 10.6 Å². The Kier molecular flexibility index (Phi) is 3.52. The molecule has 96 valence electrons. The van der Waals surface area contributed by atoms with E-state index in [2.05, 4.69) is 39.6 Å². The van der Waals surface area contributed by atoms with Crippen LogP contribution in [0.1, 0.15) is 4.88 Å². The monoisotopic (exact) mass is 288 g/mol. The zero-order chi connectivity index (χ0) is 13.1. The minimum atomic E-state index is 0.655. The zero-order valence-corrected chi connectivity index (χ0v) is 11.9. The molecule has 0 aliphatic rings. The molecule has 0 saturated carbocycles. The Morgan fingerprint density at radius 3 is 2.74 bits per heavy atom. The SMILES string of the molecule is Cc1ccc(Sc2n[nH]c(Nc3ccccc3)n2)s1. The van der Waals surface area contributed by atoms with Crippen molar-refractivity contribution in [2.75, 3.05) is 5.32 Å². The molecule has 3 rings (SSSR count). The van der Waals surface area contributed by atoms with Gasteiger partial charge in [0.15, 0.2) is 0 Å². The predicted molar refractivity (Wildman–Crippen MR) is 79.3 cm³/mol. The van der Waals surface area contributed by atoms with Crippen LogP contribution in [0.3, 0.4) is 0 Å². The molecule has 0 amide bonds. The van der Waals surface area contributed by atoms with Gasteiger partial charge in [-0.25, -0.2) is 5.10 Å². The van der Waals surface area contributed by atoms with Gasteiger partial charge in [0.2, 0.25) is 11.1 Å². The average molecular weight is 288 g/mol. The molecule has 0 unspecified atom stereocenters. The fourth-order valence-corrected chi connectivity index (χ4v) is 3.48. The Hall–Kier alpha value is -1.79. The van der Waals surface area contributed by atoms with Gasteiger partial charge in [0.05, 0.1) is 4.21 Å². The summed E-state index contributed by atoms with van der Waals surface area (Å²) in [6.45, 7) is 2.09. The van der Waals surface area contributed by atoms with Crippen LogP contribution in [-0.2, 0) is 0 Å². The Labute approximate surface area is 119 Å². The summed E-state index contributed by atoms with van der Waals surface area (Å²) in [6, 6.07) is 14.1. The summed E-state index contributed by atoms with van der Waals surface area (Å²) >= 11 is 3.31. The van der Waals surface area contributed by atoms with Gasteiger partial charge >= 0.3 is 0 Å². The van der Waals surface area contributed by atoms with E-state index in [9.17, 15) is 0 Å². The van der Waals surface area contributed by atoms with Crippen LogP contribution in [0.25, 0.3) is 0 Å². The van der Waals surface area contributed by atoms with E-state index in [0.29, 0.717) is 5.95 Å². The lowest BCUT2D eigenvalue weighted by Gasteiger charge is -1.99. The molecule has 0 atom stereocenters. The maximum Gasteiger partial charge on any atom is 0.223 e. The van der Waals surface area contributed by atoms with Gasteiger partial charge < -0.3 is 5.32 Å². The molecule has 2 N–H and O–H groups in total. The molecule has 0 spiro atoms. The first-order chi connectivity index (χ1) is 9.29. The number of nitrogens with one attached hydrogen (secondary N) is 2. The maximum absolute atomic E-state index is 4.40. The van der Waals surface area contributed by atoms with Crippen LogP contribution in [0.4, 0.5) is 11.6 Å². The Morgan fingerprint density at radius 1 is 1.16 bits per heavy atom. The number of anilines is 2.